The monoisotopic (exact) mass is 301 g/mol. The Balaban J connectivity index is 1.64. The summed E-state index contributed by atoms with van der Waals surface area (Å²) in [6.07, 6.45) is 5.20. The van der Waals surface area contributed by atoms with E-state index in [2.05, 4.69) is 5.32 Å². The van der Waals surface area contributed by atoms with Gasteiger partial charge in [0.15, 0.2) is 0 Å². The van der Waals surface area contributed by atoms with Crippen LogP contribution >= 0.6 is 0 Å². The second kappa shape index (κ2) is 5.27. The predicted octanol–water partition coefficient (Wildman–Crippen LogP) is 0.319. The number of amides is 1. The van der Waals surface area contributed by atoms with E-state index in [4.69, 9.17) is 0 Å². The van der Waals surface area contributed by atoms with Crippen LogP contribution in [-0.4, -0.2) is 55.7 Å². The van der Waals surface area contributed by atoms with Crippen molar-refractivity contribution in [1.82, 2.24) is 13.9 Å². The largest absolute Gasteiger partial charge is 0.356 e. The van der Waals surface area contributed by atoms with Crippen molar-refractivity contribution in [1.29, 1.82) is 0 Å². The van der Waals surface area contributed by atoms with Crippen molar-refractivity contribution in [3.8, 4) is 0 Å². The van der Waals surface area contributed by atoms with Gasteiger partial charge in [-0.05, 0) is 31.1 Å². The molecule has 1 amide bonds. The van der Waals surface area contributed by atoms with Crippen molar-refractivity contribution >= 4 is 16.1 Å². The van der Waals surface area contributed by atoms with Crippen LogP contribution in [0.5, 0.6) is 0 Å². The minimum absolute atomic E-state index is 0.00496. The Labute approximate surface area is 120 Å². The molecule has 1 N–H and O–H groups in total. The summed E-state index contributed by atoms with van der Waals surface area (Å²) in [6.45, 7) is 3.12. The quantitative estimate of drug-likeness (QED) is 0.798. The molecule has 3 heterocycles. The van der Waals surface area contributed by atoms with Gasteiger partial charge in [-0.2, -0.15) is 17.0 Å². The smallest absolute Gasteiger partial charge is 0.281 e. The molecule has 7 heteroatoms. The van der Waals surface area contributed by atoms with Gasteiger partial charge < -0.3 is 5.32 Å². The molecule has 20 heavy (non-hydrogen) atoms. The third kappa shape index (κ3) is 2.58. The zero-order chi connectivity index (χ0) is 14.2. The molecule has 3 fully saturated rings. The molecule has 0 aromatic heterocycles. The van der Waals surface area contributed by atoms with E-state index in [1.807, 2.05) is 0 Å². The SMILES string of the molecule is O=C1CC2(CCN(S(=O)(=O)N3CCCCC3)CC2)CN1. The van der Waals surface area contributed by atoms with Crippen molar-refractivity contribution in [2.45, 2.75) is 38.5 Å². The van der Waals surface area contributed by atoms with E-state index in [1.165, 1.54) is 0 Å². The summed E-state index contributed by atoms with van der Waals surface area (Å²) in [5, 5.41) is 2.88. The predicted molar refractivity (Wildman–Crippen MR) is 75.2 cm³/mol. The summed E-state index contributed by atoms with van der Waals surface area (Å²) >= 11 is 0. The summed E-state index contributed by atoms with van der Waals surface area (Å²) < 4.78 is 28.4. The van der Waals surface area contributed by atoms with Gasteiger partial charge in [0.1, 0.15) is 0 Å². The maximum atomic E-state index is 12.6. The van der Waals surface area contributed by atoms with Crippen LogP contribution in [-0.2, 0) is 15.0 Å². The molecule has 0 atom stereocenters. The van der Waals surface area contributed by atoms with Gasteiger partial charge in [-0.3, -0.25) is 4.79 Å². The fraction of sp³-hybridized carbons (Fsp3) is 0.923. The van der Waals surface area contributed by atoms with Gasteiger partial charge in [-0.1, -0.05) is 6.42 Å². The molecule has 0 unspecified atom stereocenters. The summed E-state index contributed by atoms with van der Waals surface area (Å²) in [6, 6.07) is 0. The maximum Gasteiger partial charge on any atom is 0.281 e. The molecule has 3 saturated heterocycles. The molecular formula is C13H23N3O3S. The molecule has 0 radical (unpaired) electrons. The summed E-state index contributed by atoms with van der Waals surface area (Å²) in [5.74, 6) is 0.109. The van der Waals surface area contributed by atoms with Gasteiger partial charge in [0.05, 0.1) is 0 Å². The Morgan fingerprint density at radius 1 is 0.950 bits per heavy atom. The van der Waals surface area contributed by atoms with Crippen LogP contribution < -0.4 is 5.32 Å². The fourth-order valence-corrected chi connectivity index (χ4v) is 5.25. The van der Waals surface area contributed by atoms with Crippen molar-refractivity contribution in [2.24, 2.45) is 5.41 Å². The van der Waals surface area contributed by atoms with E-state index < -0.39 is 10.2 Å². The van der Waals surface area contributed by atoms with Crippen molar-refractivity contribution in [3.05, 3.63) is 0 Å². The van der Waals surface area contributed by atoms with Gasteiger partial charge in [0.2, 0.25) is 5.91 Å². The Morgan fingerprint density at radius 2 is 1.55 bits per heavy atom. The second-order valence-electron chi connectivity index (χ2n) is 6.32. The van der Waals surface area contributed by atoms with Crippen LogP contribution in [0.15, 0.2) is 0 Å². The van der Waals surface area contributed by atoms with E-state index in [0.29, 0.717) is 39.1 Å². The highest BCUT2D eigenvalue weighted by molar-refractivity contribution is 7.86. The molecule has 0 bridgehead atoms. The van der Waals surface area contributed by atoms with Crippen LogP contribution in [0, 0.1) is 5.41 Å². The molecule has 3 aliphatic heterocycles. The highest BCUT2D eigenvalue weighted by Gasteiger charge is 2.44. The number of hydrogen-bond donors (Lipinski definition) is 1. The van der Waals surface area contributed by atoms with Crippen LogP contribution in [0.25, 0.3) is 0 Å². The highest BCUT2D eigenvalue weighted by Crippen LogP contribution is 2.38. The number of piperidine rings is 2. The van der Waals surface area contributed by atoms with E-state index in [9.17, 15) is 13.2 Å². The number of carbonyl (C=O) groups is 1. The van der Waals surface area contributed by atoms with Crippen LogP contribution in [0.2, 0.25) is 0 Å². The summed E-state index contributed by atoms with van der Waals surface area (Å²) in [7, 11) is -3.28. The van der Waals surface area contributed by atoms with Crippen LogP contribution in [0.3, 0.4) is 0 Å². The second-order valence-corrected chi connectivity index (χ2v) is 8.25. The number of nitrogens with zero attached hydrogens (tertiary/aromatic N) is 2. The normalized spacial score (nSPS) is 28.7. The zero-order valence-corrected chi connectivity index (χ0v) is 12.6. The average molecular weight is 301 g/mol. The molecular weight excluding hydrogens is 278 g/mol. The molecule has 0 aliphatic carbocycles. The highest BCUT2D eigenvalue weighted by atomic mass is 32.2. The number of hydrogen-bond acceptors (Lipinski definition) is 3. The van der Waals surface area contributed by atoms with Crippen molar-refractivity contribution in [2.75, 3.05) is 32.7 Å². The lowest BCUT2D eigenvalue weighted by atomic mass is 9.78. The molecule has 3 rings (SSSR count). The van der Waals surface area contributed by atoms with Gasteiger partial charge in [0, 0.05) is 39.1 Å². The Bertz CT molecular complexity index is 477. The molecule has 6 nitrogen and oxygen atoms in total. The van der Waals surface area contributed by atoms with E-state index in [0.717, 1.165) is 32.1 Å². The van der Waals surface area contributed by atoms with Crippen LogP contribution in [0.1, 0.15) is 38.5 Å². The molecule has 0 saturated carbocycles. The first-order chi connectivity index (χ1) is 9.52. The molecule has 1 spiro atoms. The third-order valence-electron chi connectivity index (χ3n) is 4.95. The fourth-order valence-electron chi connectivity index (χ4n) is 3.56. The van der Waals surface area contributed by atoms with Crippen molar-refractivity contribution < 1.29 is 13.2 Å². The summed E-state index contributed by atoms with van der Waals surface area (Å²) in [4.78, 5) is 11.4. The Morgan fingerprint density at radius 3 is 2.10 bits per heavy atom. The zero-order valence-electron chi connectivity index (χ0n) is 11.8. The molecule has 0 aromatic carbocycles. The first kappa shape index (κ1) is 14.3. The van der Waals surface area contributed by atoms with Crippen LogP contribution in [0.4, 0.5) is 0 Å². The number of carbonyl (C=O) groups excluding carboxylic acids is 1. The molecule has 3 aliphatic rings. The van der Waals surface area contributed by atoms with Crippen molar-refractivity contribution in [3.63, 3.8) is 0 Å². The first-order valence-corrected chi connectivity index (χ1v) is 8.94. The lowest BCUT2D eigenvalue weighted by Crippen LogP contribution is -2.50. The Hall–Kier alpha value is -0.660. The third-order valence-corrected chi connectivity index (χ3v) is 6.98. The van der Waals surface area contributed by atoms with E-state index >= 15 is 0 Å². The minimum atomic E-state index is -3.28. The van der Waals surface area contributed by atoms with Gasteiger partial charge in [-0.25, -0.2) is 0 Å². The molecule has 114 valence electrons. The lowest BCUT2D eigenvalue weighted by Gasteiger charge is -2.40. The van der Waals surface area contributed by atoms with Gasteiger partial charge in [0.25, 0.3) is 10.2 Å². The summed E-state index contributed by atoms with van der Waals surface area (Å²) in [5.41, 5.74) is 0.00496. The van der Waals surface area contributed by atoms with E-state index in [-0.39, 0.29) is 11.3 Å². The average Bonchev–Trinajstić information content (AvgIpc) is 2.81. The maximum absolute atomic E-state index is 12.6. The minimum Gasteiger partial charge on any atom is -0.356 e. The molecule has 0 aromatic rings. The first-order valence-electron chi connectivity index (χ1n) is 7.54. The number of rotatable bonds is 2. The topological polar surface area (TPSA) is 69.7 Å². The Kier molecular flexibility index (Phi) is 3.77. The van der Waals surface area contributed by atoms with Gasteiger partial charge in [-0.15, -0.1) is 0 Å². The van der Waals surface area contributed by atoms with Gasteiger partial charge >= 0.3 is 0 Å². The lowest BCUT2D eigenvalue weighted by molar-refractivity contribution is -0.119. The number of nitrogens with one attached hydrogen (secondary N) is 1. The standard InChI is InChI=1S/C13H23N3O3S/c17-12-10-13(11-14-12)4-8-16(9-5-13)20(18,19)15-6-2-1-3-7-15/h1-11H2,(H,14,17). The van der Waals surface area contributed by atoms with E-state index in [1.54, 1.807) is 8.61 Å².